The SMILES string of the molecule is Cc1cc(OCc2ccccc2)ccc1[P-]C(=O)c1c(C)cc(C)c(C)c1C.[Li+]. The van der Waals surface area contributed by atoms with Gasteiger partial charge in [-0.2, -0.15) is 5.30 Å². The van der Waals surface area contributed by atoms with Crippen molar-refractivity contribution in [2.24, 2.45) is 0 Å². The molecule has 0 spiro atoms. The molecule has 0 saturated carbocycles. The van der Waals surface area contributed by atoms with Crippen molar-refractivity contribution in [2.75, 3.05) is 0 Å². The van der Waals surface area contributed by atoms with E-state index in [4.69, 9.17) is 4.74 Å². The van der Waals surface area contributed by atoms with E-state index >= 15 is 0 Å². The predicted octanol–water partition coefficient (Wildman–Crippen LogP) is 3.22. The van der Waals surface area contributed by atoms with Crippen LogP contribution in [-0.4, -0.2) is 5.52 Å². The summed E-state index contributed by atoms with van der Waals surface area (Å²) < 4.78 is 5.90. The molecule has 0 unspecified atom stereocenters. The molecule has 0 atom stereocenters. The Morgan fingerprint density at radius 2 is 1.52 bits per heavy atom. The Kier molecular flexibility index (Phi) is 8.30. The van der Waals surface area contributed by atoms with Gasteiger partial charge in [0.15, 0.2) is 0 Å². The van der Waals surface area contributed by atoms with Gasteiger partial charge in [0.1, 0.15) is 12.4 Å². The minimum absolute atomic E-state index is 0. The van der Waals surface area contributed by atoms with Crippen LogP contribution in [0.1, 0.15) is 43.7 Å². The van der Waals surface area contributed by atoms with Crippen LogP contribution in [-0.2, 0) is 6.61 Å². The molecule has 2 nitrogen and oxygen atoms in total. The summed E-state index contributed by atoms with van der Waals surface area (Å²) in [4.78, 5) is 13.0. The molecule has 3 aromatic rings. The van der Waals surface area contributed by atoms with E-state index in [9.17, 15) is 4.79 Å². The standard InChI is InChI=1S/C25H26O2P.Li/c1-16-13-18(3)24(20(5)19(16)4)25(26)28-23-12-11-22(14-17(23)2)27-15-21-9-7-6-8-10-21;/h6-14H,15H2,1-5H3;/q-1;+1. The number of rotatable bonds is 6. The molecule has 0 aliphatic heterocycles. The Hall–Kier alpha value is -1.84. The second-order valence-corrected chi connectivity index (χ2v) is 8.39. The van der Waals surface area contributed by atoms with Crippen LogP contribution in [0.5, 0.6) is 5.75 Å². The minimum atomic E-state index is 0. The van der Waals surface area contributed by atoms with Crippen molar-refractivity contribution >= 4 is 19.4 Å². The van der Waals surface area contributed by atoms with Crippen LogP contribution >= 0.6 is 8.58 Å². The van der Waals surface area contributed by atoms with Gasteiger partial charge in [-0.05, 0) is 80.1 Å². The van der Waals surface area contributed by atoms with Gasteiger partial charge in [0.2, 0.25) is 0 Å². The molecule has 0 aliphatic carbocycles. The van der Waals surface area contributed by atoms with Crippen LogP contribution < -0.4 is 28.9 Å². The van der Waals surface area contributed by atoms with Gasteiger partial charge in [-0.1, -0.05) is 48.0 Å². The van der Waals surface area contributed by atoms with E-state index in [0.29, 0.717) is 15.2 Å². The molecule has 0 heterocycles. The van der Waals surface area contributed by atoms with E-state index in [1.54, 1.807) is 0 Å². The fraction of sp³-hybridized carbons (Fsp3) is 0.240. The second kappa shape index (κ2) is 10.3. The molecule has 29 heavy (non-hydrogen) atoms. The zero-order valence-corrected chi connectivity index (χ0v) is 19.1. The quantitative estimate of drug-likeness (QED) is 0.473. The summed E-state index contributed by atoms with van der Waals surface area (Å²) in [6, 6.07) is 18.2. The first kappa shape index (κ1) is 23.4. The van der Waals surface area contributed by atoms with Crippen LogP contribution in [0.2, 0.25) is 0 Å². The molecule has 4 heteroatoms. The maximum atomic E-state index is 13.0. The fourth-order valence-corrected chi connectivity index (χ4v) is 4.43. The van der Waals surface area contributed by atoms with Gasteiger partial charge in [0.25, 0.3) is 0 Å². The molecule has 0 bridgehead atoms. The van der Waals surface area contributed by atoms with Gasteiger partial charge in [0, 0.05) is 5.52 Å². The monoisotopic (exact) mass is 396 g/mol. The van der Waals surface area contributed by atoms with Crippen molar-refractivity contribution in [3.8, 4) is 5.75 Å². The van der Waals surface area contributed by atoms with E-state index in [2.05, 4.69) is 19.9 Å². The zero-order chi connectivity index (χ0) is 20.3. The summed E-state index contributed by atoms with van der Waals surface area (Å²) in [6.07, 6.45) is 0. The molecule has 0 aromatic heterocycles. The van der Waals surface area contributed by atoms with Crippen molar-refractivity contribution in [3.63, 3.8) is 0 Å². The van der Waals surface area contributed by atoms with Crippen LogP contribution in [0.4, 0.5) is 0 Å². The van der Waals surface area contributed by atoms with Crippen molar-refractivity contribution in [2.45, 2.75) is 41.2 Å². The molecule has 0 amide bonds. The molecule has 0 fully saturated rings. The maximum absolute atomic E-state index is 13.0. The van der Waals surface area contributed by atoms with E-state index < -0.39 is 0 Å². The Morgan fingerprint density at radius 3 is 2.17 bits per heavy atom. The molecule has 3 aromatic carbocycles. The first-order valence-electron chi connectivity index (χ1n) is 9.47. The molecule has 0 N–H and O–H groups in total. The first-order valence-corrected chi connectivity index (χ1v) is 10.4. The summed E-state index contributed by atoms with van der Waals surface area (Å²) in [5, 5.41) is 1.02. The van der Waals surface area contributed by atoms with Crippen molar-refractivity contribution in [3.05, 3.63) is 93.5 Å². The number of ether oxygens (including phenoxy) is 1. The molecule has 0 aliphatic rings. The topological polar surface area (TPSA) is 26.3 Å². The Balaban J connectivity index is 0.00000300. The molecular formula is C25H26LiO2P. The number of hydrogen-bond acceptors (Lipinski definition) is 2. The molecule has 144 valence electrons. The predicted molar refractivity (Wildman–Crippen MR) is 118 cm³/mol. The summed E-state index contributed by atoms with van der Waals surface area (Å²) in [6.45, 7) is 10.8. The van der Waals surface area contributed by atoms with Gasteiger partial charge in [-0.25, -0.2) is 0 Å². The molecular weight excluding hydrogens is 370 g/mol. The van der Waals surface area contributed by atoms with Crippen molar-refractivity contribution in [1.82, 2.24) is 0 Å². The van der Waals surface area contributed by atoms with Crippen molar-refractivity contribution < 1.29 is 28.4 Å². The van der Waals surface area contributed by atoms with Gasteiger partial charge >= 0.3 is 18.9 Å². The zero-order valence-electron chi connectivity index (χ0n) is 18.2. The fourth-order valence-electron chi connectivity index (χ4n) is 3.36. The first-order chi connectivity index (χ1) is 13.4. The van der Waals surface area contributed by atoms with E-state index in [1.807, 2.05) is 69.3 Å². The van der Waals surface area contributed by atoms with Gasteiger partial charge in [-0.15, -0.1) is 0 Å². The molecule has 3 rings (SSSR count). The molecule has 0 radical (unpaired) electrons. The van der Waals surface area contributed by atoms with E-state index in [0.717, 1.165) is 38.9 Å². The smallest absolute Gasteiger partial charge is 0.489 e. The van der Waals surface area contributed by atoms with Crippen LogP contribution in [0, 0.1) is 34.6 Å². The van der Waals surface area contributed by atoms with Gasteiger partial charge in [-0.3, -0.25) is 0 Å². The van der Waals surface area contributed by atoms with Crippen molar-refractivity contribution in [1.29, 1.82) is 0 Å². The largest absolute Gasteiger partial charge is 1.00 e. The Labute approximate surface area is 188 Å². The Morgan fingerprint density at radius 1 is 0.828 bits per heavy atom. The minimum Gasteiger partial charge on any atom is -0.489 e. The second-order valence-electron chi connectivity index (χ2n) is 7.27. The van der Waals surface area contributed by atoms with E-state index in [1.165, 1.54) is 11.1 Å². The average molecular weight is 396 g/mol. The third-order valence-corrected chi connectivity index (χ3v) is 6.38. The van der Waals surface area contributed by atoms with Crippen LogP contribution in [0.25, 0.3) is 0 Å². The maximum Gasteiger partial charge on any atom is 1.00 e. The van der Waals surface area contributed by atoms with Crippen LogP contribution in [0.3, 0.4) is 0 Å². The molecule has 0 saturated heterocycles. The van der Waals surface area contributed by atoms with E-state index in [-0.39, 0.29) is 24.4 Å². The summed E-state index contributed by atoms with van der Waals surface area (Å²) >= 11 is 0. The number of hydrogen-bond donors (Lipinski definition) is 0. The number of carbonyl (C=O) groups excluding carboxylic acids is 1. The number of benzene rings is 3. The average Bonchev–Trinajstić information content (AvgIpc) is 2.67. The summed E-state index contributed by atoms with van der Waals surface area (Å²) in [5.74, 6) is 0.825. The normalized spacial score (nSPS) is 10.8. The summed E-state index contributed by atoms with van der Waals surface area (Å²) in [7, 11) is 0.706. The van der Waals surface area contributed by atoms with Crippen LogP contribution in [0.15, 0.2) is 54.6 Å². The van der Waals surface area contributed by atoms with Gasteiger partial charge in [0.05, 0.1) is 0 Å². The summed E-state index contributed by atoms with van der Waals surface area (Å²) in [5.41, 5.74) is 7.80. The van der Waals surface area contributed by atoms with Gasteiger partial charge < -0.3 is 18.1 Å². The Bertz CT molecular complexity index is 1010. The number of carbonyl (C=O) groups is 1. The third kappa shape index (κ3) is 5.61. The third-order valence-electron chi connectivity index (χ3n) is 5.21. The number of aryl methyl sites for hydroxylation is 3.